The fraction of sp³-hybridized carbons (Fsp3) is 0.875. The summed E-state index contributed by atoms with van der Waals surface area (Å²) in [6.45, 7) is 6.22. The highest BCUT2D eigenvalue weighted by Crippen LogP contribution is 1.99. The van der Waals surface area contributed by atoms with Gasteiger partial charge in [0.15, 0.2) is 0 Å². The van der Waals surface area contributed by atoms with E-state index in [0.29, 0.717) is 6.54 Å². The minimum absolute atomic E-state index is 0.0122. The Labute approximate surface area is 68.1 Å². The molecule has 1 atom stereocenters. The Hall–Kier alpha value is -0.570. The van der Waals surface area contributed by atoms with Crippen molar-refractivity contribution in [1.82, 2.24) is 5.32 Å². The van der Waals surface area contributed by atoms with Crippen molar-refractivity contribution < 1.29 is 9.53 Å². The average molecular weight is 159 g/mol. The monoisotopic (exact) mass is 159 g/mol. The summed E-state index contributed by atoms with van der Waals surface area (Å²) in [4.78, 5) is 11.1. The summed E-state index contributed by atoms with van der Waals surface area (Å²) in [7, 11) is 1.82. The molecule has 1 unspecified atom stereocenters. The van der Waals surface area contributed by atoms with Crippen molar-refractivity contribution in [3.05, 3.63) is 0 Å². The van der Waals surface area contributed by atoms with Gasteiger partial charge in [-0.3, -0.25) is 4.79 Å². The van der Waals surface area contributed by atoms with Crippen LogP contribution in [0.15, 0.2) is 0 Å². The molecular formula is C8H17NO2. The summed E-state index contributed by atoms with van der Waals surface area (Å²) in [5.74, 6) is -0.184. The highest BCUT2D eigenvalue weighted by molar-refractivity contribution is 5.72. The van der Waals surface area contributed by atoms with Gasteiger partial charge >= 0.3 is 5.97 Å². The molecule has 0 fully saturated rings. The quantitative estimate of drug-likeness (QED) is 0.616. The summed E-state index contributed by atoms with van der Waals surface area (Å²) in [6, 6.07) is 0. The SMILES string of the molecule is CNCC(C)C(=O)OC(C)C. The number of rotatable bonds is 4. The second-order valence-corrected chi connectivity index (χ2v) is 2.94. The van der Waals surface area contributed by atoms with Gasteiger partial charge in [0, 0.05) is 6.54 Å². The van der Waals surface area contributed by atoms with E-state index >= 15 is 0 Å². The topological polar surface area (TPSA) is 38.3 Å². The van der Waals surface area contributed by atoms with Crippen LogP contribution in [0.4, 0.5) is 0 Å². The molecule has 66 valence electrons. The van der Waals surface area contributed by atoms with Gasteiger partial charge in [-0.1, -0.05) is 6.92 Å². The molecule has 3 heteroatoms. The molecule has 0 spiro atoms. The molecular weight excluding hydrogens is 142 g/mol. The first kappa shape index (κ1) is 10.4. The highest BCUT2D eigenvalue weighted by Gasteiger charge is 2.13. The molecule has 0 aromatic heterocycles. The Morgan fingerprint density at radius 1 is 1.45 bits per heavy atom. The number of esters is 1. The predicted molar refractivity (Wildman–Crippen MR) is 44.3 cm³/mol. The lowest BCUT2D eigenvalue weighted by Gasteiger charge is -2.12. The average Bonchev–Trinajstić information content (AvgIpc) is 1.86. The maximum atomic E-state index is 11.1. The fourth-order valence-corrected chi connectivity index (χ4v) is 0.738. The second kappa shape index (κ2) is 5.13. The number of carbonyl (C=O) groups excluding carboxylic acids is 1. The first-order chi connectivity index (χ1) is 5.07. The standard InChI is InChI=1S/C8H17NO2/c1-6(2)11-8(10)7(3)5-9-4/h6-7,9H,5H2,1-4H3. The lowest BCUT2D eigenvalue weighted by atomic mass is 10.2. The molecule has 0 rings (SSSR count). The van der Waals surface area contributed by atoms with Crippen molar-refractivity contribution in [2.24, 2.45) is 5.92 Å². The van der Waals surface area contributed by atoms with Crippen molar-refractivity contribution in [3.63, 3.8) is 0 Å². The normalized spacial score (nSPS) is 13.2. The predicted octanol–water partition coefficient (Wildman–Crippen LogP) is 0.793. The smallest absolute Gasteiger partial charge is 0.310 e. The zero-order valence-electron chi connectivity index (χ0n) is 7.68. The number of hydrogen-bond acceptors (Lipinski definition) is 3. The first-order valence-corrected chi connectivity index (χ1v) is 3.93. The van der Waals surface area contributed by atoms with Gasteiger partial charge in [-0.25, -0.2) is 0 Å². The molecule has 0 bridgehead atoms. The molecule has 0 radical (unpaired) electrons. The Morgan fingerprint density at radius 2 is 2.00 bits per heavy atom. The largest absolute Gasteiger partial charge is 0.463 e. The molecule has 0 heterocycles. The first-order valence-electron chi connectivity index (χ1n) is 3.93. The van der Waals surface area contributed by atoms with Gasteiger partial charge in [0.25, 0.3) is 0 Å². The van der Waals surface area contributed by atoms with Crippen LogP contribution in [0.5, 0.6) is 0 Å². The fourth-order valence-electron chi connectivity index (χ4n) is 0.738. The zero-order chi connectivity index (χ0) is 8.85. The van der Waals surface area contributed by atoms with Crippen molar-refractivity contribution in [2.45, 2.75) is 26.9 Å². The molecule has 1 N–H and O–H groups in total. The number of hydrogen-bond donors (Lipinski definition) is 1. The lowest BCUT2D eigenvalue weighted by molar-refractivity contribution is -0.151. The van der Waals surface area contributed by atoms with Crippen LogP contribution in [0.25, 0.3) is 0 Å². The van der Waals surface area contributed by atoms with Gasteiger partial charge in [-0.2, -0.15) is 0 Å². The van der Waals surface area contributed by atoms with E-state index in [1.165, 1.54) is 0 Å². The van der Waals surface area contributed by atoms with Crippen LogP contribution in [-0.4, -0.2) is 25.7 Å². The van der Waals surface area contributed by atoms with Gasteiger partial charge in [-0.15, -0.1) is 0 Å². The Kier molecular flexibility index (Phi) is 4.86. The van der Waals surface area contributed by atoms with Crippen molar-refractivity contribution in [2.75, 3.05) is 13.6 Å². The van der Waals surface area contributed by atoms with Crippen LogP contribution >= 0.6 is 0 Å². The van der Waals surface area contributed by atoms with Crippen LogP contribution in [0.1, 0.15) is 20.8 Å². The van der Waals surface area contributed by atoms with E-state index in [-0.39, 0.29) is 18.0 Å². The van der Waals surface area contributed by atoms with Crippen molar-refractivity contribution >= 4 is 5.97 Å². The minimum Gasteiger partial charge on any atom is -0.463 e. The Balaban J connectivity index is 3.64. The van der Waals surface area contributed by atoms with Crippen LogP contribution < -0.4 is 5.32 Å². The van der Waals surface area contributed by atoms with Crippen molar-refractivity contribution in [3.8, 4) is 0 Å². The van der Waals surface area contributed by atoms with Crippen LogP contribution in [0, 0.1) is 5.92 Å². The third-order valence-corrected chi connectivity index (χ3v) is 1.26. The van der Waals surface area contributed by atoms with Crippen LogP contribution in [0.3, 0.4) is 0 Å². The summed E-state index contributed by atoms with van der Waals surface area (Å²) in [5.41, 5.74) is 0. The maximum Gasteiger partial charge on any atom is 0.310 e. The van der Waals surface area contributed by atoms with E-state index in [0.717, 1.165) is 0 Å². The van der Waals surface area contributed by atoms with Crippen LogP contribution in [0.2, 0.25) is 0 Å². The Morgan fingerprint density at radius 3 is 2.36 bits per heavy atom. The minimum atomic E-state index is -0.130. The number of nitrogens with one attached hydrogen (secondary N) is 1. The third kappa shape index (κ3) is 4.79. The molecule has 0 aromatic rings. The molecule has 0 aromatic carbocycles. The second-order valence-electron chi connectivity index (χ2n) is 2.94. The van der Waals surface area contributed by atoms with Crippen molar-refractivity contribution in [1.29, 1.82) is 0 Å². The van der Waals surface area contributed by atoms with Gasteiger partial charge in [0.05, 0.1) is 12.0 Å². The Bertz CT molecular complexity index is 123. The number of carbonyl (C=O) groups is 1. The molecule has 0 aliphatic carbocycles. The van der Waals surface area contributed by atoms with E-state index in [1.807, 2.05) is 27.8 Å². The van der Waals surface area contributed by atoms with Gasteiger partial charge in [-0.05, 0) is 20.9 Å². The van der Waals surface area contributed by atoms with Gasteiger partial charge in [0.2, 0.25) is 0 Å². The third-order valence-electron chi connectivity index (χ3n) is 1.26. The summed E-state index contributed by atoms with van der Waals surface area (Å²) >= 11 is 0. The summed E-state index contributed by atoms with van der Waals surface area (Å²) < 4.78 is 4.99. The zero-order valence-corrected chi connectivity index (χ0v) is 7.68. The van der Waals surface area contributed by atoms with Gasteiger partial charge < -0.3 is 10.1 Å². The summed E-state index contributed by atoms with van der Waals surface area (Å²) in [6.07, 6.45) is -0.0122. The number of ether oxygens (including phenoxy) is 1. The molecule has 0 aliphatic rings. The van der Waals surface area contributed by atoms with Gasteiger partial charge in [0.1, 0.15) is 0 Å². The maximum absolute atomic E-state index is 11.1. The molecule has 3 nitrogen and oxygen atoms in total. The molecule has 0 amide bonds. The summed E-state index contributed by atoms with van der Waals surface area (Å²) in [5, 5.41) is 2.92. The highest BCUT2D eigenvalue weighted by atomic mass is 16.5. The lowest BCUT2D eigenvalue weighted by Crippen LogP contribution is -2.27. The molecule has 0 saturated carbocycles. The van der Waals surface area contributed by atoms with E-state index in [2.05, 4.69) is 5.32 Å². The van der Waals surface area contributed by atoms with E-state index < -0.39 is 0 Å². The molecule has 11 heavy (non-hydrogen) atoms. The van der Waals surface area contributed by atoms with E-state index in [9.17, 15) is 4.79 Å². The van der Waals surface area contributed by atoms with E-state index in [4.69, 9.17) is 4.74 Å². The molecule has 0 saturated heterocycles. The van der Waals surface area contributed by atoms with E-state index in [1.54, 1.807) is 0 Å². The van der Waals surface area contributed by atoms with Crippen LogP contribution in [-0.2, 0) is 9.53 Å². The molecule has 0 aliphatic heterocycles.